The van der Waals surface area contributed by atoms with Gasteiger partial charge in [0.2, 0.25) is 5.91 Å². The van der Waals surface area contributed by atoms with Gasteiger partial charge in [-0.2, -0.15) is 0 Å². The van der Waals surface area contributed by atoms with E-state index in [0.29, 0.717) is 25.1 Å². The second kappa shape index (κ2) is 9.61. The lowest BCUT2D eigenvalue weighted by Crippen LogP contribution is -2.52. The van der Waals surface area contributed by atoms with Crippen LogP contribution >= 0.6 is 0 Å². The molecule has 0 saturated carbocycles. The summed E-state index contributed by atoms with van der Waals surface area (Å²) < 4.78 is 5.61. The average molecular weight is 475 g/mol. The van der Waals surface area contributed by atoms with Crippen LogP contribution in [0.25, 0.3) is 11.1 Å². The lowest BCUT2D eigenvalue weighted by Gasteiger charge is -2.27. The molecular formula is C26H26N4O5. The van der Waals surface area contributed by atoms with E-state index in [0.717, 1.165) is 22.3 Å². The molecule has 1 fully saturated rings. The number of carboxylic acid groups (broad SMARTS) is 1. The minimum absolute atomic E-state index is 0.107. The molecule has 2 atom stereocenters. The van der Waals surface area contributed by atoms with Crippen molar-refractivity contribution in [3.05, 3.63) is 77.9 Å². The second-order valence-electron chi connectivity index (χ2n) is 8.83. The van der Waals surface area contributed by atoms with Crippen LogP contribution in [-0.4, -0.2) is 63.2 Å². The number of amides is 2. The van der Waals surface area contributed by atoms with Gasteiger partial charge in [0.25, 0.3) is 0 Å². The maximum atomic E-state index is 13.3. The number of aliphatic carboxylic acids is 1. The van der Waals surface area contributed by atoms with Gasteiger partial charge in [-0.15, -0.1) is 0 Å². The number of rotatable bonds is 7. The van der Waals surface area contributed by atoms with E-state index in [4.69, 9.17) is 4.74 Å². The van der Waals surface area contributed by atoms with E-state index in [1.807, 2.05) is 36.4 Å². The smallest absolute Gasteiger partial charge is 0.407 e. The minimum Gasteiger partial charge on any atom is -0.480 e. The predicted molar refractivity (Wildman–Crippen MR) is 127 cm³/mol. The highest BCUT2D eigenvalue weighted by atomic mass is 16.5. The molecule has 3 N–H and O–H groups in total. The summed E-state index contributed by atoms with van der Waals surface area (Å²) in [6, 6.07) is 14.2. The molecule has 1 aliphatic carbocycles. The first-order valence-corrected chi connectivity index (χ1v) is 11.6. The van der Waals surface area contributed by atoms with E-state index in [2.05, 4.69) is 27.4 Å². The van der Waals surface area contributed by atoms with Crippen LogP contribution in [0.3, 0.4) is 0 Å². The van der Waals surface area contributed by atoms with Gasteiger partial charge in [-0.25, -0.2) is 14.6 Å². The van der Waals surface area contributed by atoms with E-state index >= 15 is 0 Å². The Hall–Kier alpha value is -4.14. The number of carboxylic acids is 1. The molecule has 35 heavy (non-hydrogen) atoms. The van der Waals surface area contributed by atoms with Gasteiger partial charge < -0.3 is 25.0 Å². The minimum atomic E-state index is -1.04. The van der Waals surface area contributed by atoms with Crippen LogP contribution in [0.1, 0.15) is 35.6 Å². The molecule has 1 aromatic heterocycles. The van der Waals surface area contributed by atoms with Crippen molar-refractivity contribution in [3.8, 4) is 11.1 Å². The quantitative estimate of drug-likeness (QED) is 0.484. The zero-order valence-electron chi connectivity index (χ0n) is 19.0. The van der Waals surface area contributed by atoms with Crippen molar-refractivity contribution in [2.45, 2.75) is 37.3 Å². The Morgan fingerprint density at radius 3 is 2.43 bits per heavy atom. The number of hydrogen-bond donors (Lipinski definition) is 3. The van der Waals surface area contributed by atoms with Crippen LogP contribution < -0.4 is 5.32 Å². The summed E-state index contributed by atoms with van der Waals surface area (Å²) in [4.78, 5) is 45.9. The third-order valence-corrected chi connectivity index (χ3v) is 6.73. The fraction of sp³-hybridized carbons (Fsp3) is 0.308. The van der Waals surface area contributed by atoms with Crippen molar-refractivity contribution in [2.75, 3.05) is 13.2 Å². The van der Waals surface area contributed by atoms with Crippen molar-refractivity contribution in [2.24, 2.45) is 0 Å². The maximum absolute atomic E-state index is 13.3. The number of imidazole rings is 1. The van der Waals surface area contributed by atoms with Gasteiger partial charge in [0.15, 0.2) is 0 Å². The predicted octanol–water partition coefficient (Wildman–Crippen LogP) is 2.94. The Labute approximate surface area is 202 Å². The molecular weight excluding hydrogens is 448 g/mol. The van der Waals surface area contributed by atoms with Crippen LogP contribution in [0.15, 0.2) is 61.1 Å². The average Bonchev–Trinajstić information content (AvgIpc) is 3.61. The Kier molecular flexibility index (Phi) is 6.22. The van der Waals surface area contributed by atoms with Gasteiger partial charge in [0, 0.05) is 30.8 Å². The number of aromatic nitrogens is 2. The Morgan fingerprint density at radius 1 is 1.11 bits per heavy atom. The highest BCUT2D eigenvalue weighted by Gasteiger charge is 2.38. The maximum Gasteiger partial charge on any atom is 0.407 e. The summed E-state index contributed by atoms with van der Waals surface area (Å²) in [7, 11) is 0. The zero-order valence-corrected chi connectivity index (χ0v) is 19.0. The van der Waals surface area contributed by atoms with Gasteiger partial charge in [0.05, 0.1) is 6.33 Å². The lowest BCUT2D eigenvalue weighted by molar-refractivity contribution is -0.149. The fourth-order valence-corrected chi connectivity index (χ4v) is 5.09. The number of nitrogens with one attached hydrogen (secondary N) is 2. The molecule has 5 rings (SSSR count). The molecule has 0 radical (unpaired) electrons. The molecule has 9 heteroatoms. The SMILES string of the molecule is O=C(NC(Cc1cnc[nH]1)C(=O)N1CCC[C@@H]1C(=O)O)OCC1c2ccccc2-c2ccccc21. The molecule has 1 saturated heterocycles. The van der Waals surface area contributed by atoms with E-state index in [1.165, 1.54) is 11.2 Å². The van der Waals surface area contributed by atoms with Crippen molar-refractivity contribution in [1.29, 1.82) is 0 Å². The molecule has 2 aromatic carbocycles. The highest BCUT2D eigenvalue weighted by molar-refractivity contribution is 5.90. The number of likely N-dealkylation sites (tertiary alicyclic amines) is 1. The Balaban J connectivity index is 1.30. The number of alkyl carbamates (subject to hydrolysis) is 1. The summed E-state index contributed by atoms with van der Waals surface area (Å²) in [5.41, 5.74) is 5.07. The van der Waals surface area contributed by atoms with Crippen LogP contribution in [0.2, 0.25) is 0 Å². The number of nitrogens with zero attached hydrogens (tertiary/aromatic N) is 2. The summed E-state index contributed by atoms with van der Waals surface area (Å²) in [5.74, 6) is -1.60. The van der Waals surface area contributed by atoms with Crippen LogP contribution in [0, 0.1) is 0 Å². The third kappa shape index (κ3) is 4.49. The van der Waals surface area contributed by atoms with Gasteiger partial charge >= 0.3 is 12.1 Å². The van der Waals surface area contributed by atoms with E-state index in [1.54, 1.807) is 6.20 Å². The molecule has 2 heterocycles. The van der Waals surface area contributed by atoms with E-state index in [9.17, 15) is 19.5 Å². The van der Waals surface area contributed by atoms with Crippen LogP contribution in [-0.2, 0) is 20.7 Å². The molecule has 2 aliphatic rings. The molecule has 0 bridgehead atoms. The van der Waals surface area contributed by atoms with Crippen LogP contribution in [0.4, 0.5) is 4.79 Å². The number of ether oxygens (including phenoxy) is 1. The molecule has 0 spiro atoms. The van der Waals surface area contributed by atoms with Gasteiger partial charge in [-0.05, 0) is 35.1 Å². The molecule has 1 unspecified atom stereocenters. The zero-order chi connectivity index (χ0) is 24.4. The first-order chi connectivity index (χ1) is 17.0. The van der Waals surface area contributed by atoms with Gasteiger partial charge in [-0.1, -0.05) is 48.5 Å². The number of benzene rings is 2. The van der Waals surface area contributed by atoms with Crippen LogP contribution in [0.5, 0.6) is 0 Å². The van der Waals surface area contributed by atoms with Crippen molar-refractivity contribution < 1.29 is 24.2 Å². The number of fused-ring (bicyclic) bond motifs is 3. The van der Waals surface area contributed by atoms with Crippen molar-refractivity contribution in [3.63, 3.8) is 0 Å². The summed E-state index contributed by atoms with van der Waals surface area (Å²) in [5, 5.41) is 12.2. The lowest BCUT2D eigenvalue weighted by atomic mass is 9.98. The third-order valence-electron chi connectivity index (χ3n) is 6.73. The highest BCUT2D eigenvalue weighted by Crippen LogP contribution is 2.44. The molecule has 1 aliphatic heterocycles. The number of aromatic amines is 1. The standard InChI is InChI=1S/C26H26N4O5/c31-24(30-11-5-10-23(30)25(32)33)22(12-16-13-27-15-28-16)29-26(34)35-14-21-19-8-3-1-6-17(19)18-7-2-4-9-20(18)21/h1-4,6-9,13,15,21-23H,5,10-12,14H2,(H,27,28)(H,29,34)(H,32,33)/t22?,23-/m1/s1. The molecule has 3 aromatic rings. The number of carbonyl (C=O) groups excluding carboxylic acids is 2. The topological polar surface area (TPSA) is 125 Å². The fourth-order valence-electron chi connectivity index (χ4n) is 5.09. The number of H-pyrrole nitrogens is 1. The first kappa shape index (κ1) is 22.6. The Morgan fingerprint density at radius 2 is 1.80 bits per heavy atom. The number of hydrogen-bond acceptors (Lipinski definition) is 5. The molecule has 180 valence electrons. The van der Waals surface area contributed by atoms with Gasteiger partial charge in [-0.3, -0.25) is 4.79 Å². The van der Waals surface area contributed by atoms with Gasteiger partial charge in [0.1, 0.15) is 18.7 Å². The van der Waals surface area contributed by atoms with Crippen molar-refractivity contribution >= 4 is 18.0 Å². The van der Waals surface area contributed by atoms with E-state index in [-0.39, 0.29) is 18.9 Å². The monoisotopic (exact) mass is 474 g/mol. The summed E-state index contributed by atoms with van der Waals surface area (Å²) in [6.07, 6.45) is 3.47. The molecule has 9 nitrogen and oxygen atoms in total. The Bertz CT molecular complexity index is 1200. The molecule has 2 amide bonds. The van der Waals surface area contributed by atoms with Crippen molar-refractivity contribution in [1.82, 2.24) is 20.2 Å². The number of carbonyl (C=O) groups is 3. The summed E-state index contributed by atoms with van der Waals surface area (Å²) >= 11 is 0. The summed E-state index contributed by atoms with van der Waals surface area (Å²) in [6.45, 7) is 0.452. The normalized spacial score (nSPS) is 17.5. The largest absolute Gasteiger partial charge is 0.480 e. The second-order valence-corrected chi connectivity index (χ2v) is 8.83. The van der Waals surface area contributed by atoms with E-state index < -0.39 is 30.1 Å². The first-order valence-electron chi connectivity index (χ1n) is 11.6.